The minimum Gasteiger partial charge on any atom is -0.345 e. The molecule has 1 aliphatic rings. The molecule has 2 heterocycles. The Labute approximate surface area is 139 Å². The summed E-state index contributed by atoms with van der Waals surface area (Å²) < 4.78 is 1.42. The van der Waals surface area contributed by atoms with Gasteiger partial charge in [0.2, 0.25) is 0 Å². The Hall–Kier alpha value is -2.95. The van der Waals surface area contributed by atoms with Crippen molar-refractivity contribution in [2.45, 2.75) is 25.8 Å². The Kier molecular flexibility index (Phi) is 3.41. The highest BCUT2D eigenvalue weighted by molar-refractivity contribution is 5.94. The molecule has 0 spiro atoms. The maximum Gasteiger partial charge on any atom is 0.270 e. The Morgan fingerprint density at radius 1 is 1.25 bits per heavy atom. The van der Waals surface area contributed by atoms with Crippen LogP contribution in [-0.2, 0) is 6.42 Å². The summed E-state index contributed by atoms with van der Waals surface area (Å²) in [6.07, 6.45) is 4.86. The number of amides is 1. The third kappa shape index (κ3) is 2.38. The van der Waals surface area contributed by atoms with Gasteiger partial charge in [0.1, 0.15) is 11.2 Å². The molecule has 5 heteroatoms. The number of hydrogen-bond acceptors (Lipinski definition) is 3. The number of rotatable bonds is 2. The Balaban J connectivity index is 1.67. The van der Waals surface area contributed by atoms with Gasteiger partial charge in [0.05, 0.1) is 6.04 Å². The molecule has 0 radical (unpaired) electrons. The van der Waals surface area contributed by atoms with E-state index in [0.29, 0.717) is 5.65 Å². The van der Waals surface area contributed by atoms with Crippen LogP contribution in [0, 0.1) is 6.92 Å². The van der Waals surface area contributed by atoms with Crippen molar-refractivity contribution >= 4 is 11.6 Å². The van der Waals surface area contributed by atoms with Crippen LogP contribution in [0.4, 0.5) is 0 Å². The molecule has 1 atom stereocenters. The van der Waals surface area contributed by atoms with E-state index >= 15 is 0 Å². The summed E-state index contributed by atoms with van der Waals surface area (Å²) in [4.78, 5) is 29.4. The predicted octanol–water partition coefficient (Wildman–Crippen LogP) is 2.42. The molecule has 0 saturated heterocycles. The zero-order valence-corrected chi connectivity index (χ0v) is 13.3. The third-order valence-corrected chi connectivity index (χ3v) is 4.53. The Bertz CT molecular complexity index is 1010. The maximum absolute atomic E-state index is 12.6. The number of nitrogens with zero attached hydrogens (tertiary/aromatic N) is 2. The molecule has 0 fully saturated rings. The Morgan fingerprint density at radius 3 is 2.96 bits per heavy atom. The molecule has 0 bridgehead atoms. The van der Waals surface area contributed by atoms with E-state index in [1.165, 1.54) is 16.2 Å². The molecule has 1 amide bonds. The SMILES string of the molecule is Cc1ccc2ncc(C(=O)NC3CCc4ccccc43)c(=O)n2c1. The van der Waals surface area contributed by atoms with E-state index in [-0.39, 0.29) is 23.1 Å². The molecular formula is C19H17N3O2. The average molecular weight is 319 g/mol. The van der Waals surface area contributed by atoms with E-state index < -0.39 is 0 Å². The van der Waals surface area contributed by atoms with E-state index in [1.807, 2.05) is 31.2 Å². The molecule has 5 nitrogen and oxygen atoms in total. The van der Waals surface area contributed by atoms with Crippen molar-refractivity contribution < 1.29 is 4.79 Å². The summed E-state index contributed by atoms with van der Waals surface area (Å²) in [5, 5.41) is 2.98. The van der Waals surface area contributed by atoms with Crippen molar-refractivity contribution in [2.75, 3.05) is 0 Å². The summed E-state index contributed by atoms with van der Waals surface area (Å²) in [6, 6.07) is 11.7. The van der Waals surface area contributed by atoms with Gasteiger partial charge in [-0.3, -0.25) is 14.0 Å². The molecule has 3 aromatic rings. The fourth-order valence-corrected chi connectivity index (χ4v) is 3.28. The molecule has 0 aliphatic heterocycles. The van der Waals surface area contributed by atoms with Crippen molar-refractivity contribution in [3.05, 3.63) is 81.4 Å². The van der Waals surface area contributed by atoms with Gasteiger partial charge < -0.3 is 5.32 Å². The fraction of sp³-hybridized carbons (Fsp3) is 0.211. The van der Waals surface area contributed by atoms with E-state index in [0.717, 1.165) is 24.0 Å². The predicted molar refractivity (Wildman–Crippen MR) is 91.2 cm³/mol. The average Bonchev–Trinajstić information content (AvgIpc) is 2.99. The summed E-state index contributed by atoms with van der Waals surface area (Å²) >= 11 is 0. The second-order valence-electron chi connectivity index (χ2n) is 6.18. The monoisotopic (exact) mass is 319 g/mol. The van der Waals surface area contributed by atoms with Gasteiger partial charge in [0.25, 0.3) is 11.5 Å². The first kappa shape index (κ1) is 14.6. The standard InChI is InChI=1S/C19H17N3O2/c1-12-6-9-17-20-10-15(19(24)22(17)11-12)18(23)21-16-8-7-13-4-2-3-5-14(13)16/h2-6,9-11,16H,7-8H2,1H3,(H,21,23). The van der Waals surface area contributed by atoms with Crippen LogP contribution >= 0.6 is 0 Å². The number of carbonyl (C=O) groups is 1. The minimum atomic E-state index is -0.370. The zero-order valence-electron chi connectivity index (χ0n) is 13.3. The van der Waals surface area contributed by atoms with Gasteiger partial charge in [-0.25, -0.2) is 4.98 Å². The number of aromatic nitrogens is 2. The lowest BCUT2D eigenvalue weighted by atomic mass is 10.1. The lowest BCUT2D eigenvalue weighted by Crippen LogP contribution is -2.33. The first-order valence-electron chi connectivity index (χ1n) is 8.00. The maximum atomic E-state index is 12.6. The van der Waals surface area contributed by atoms with Crippen molar-refractivity contribution in [2.24, 2.45) is 0 Å². The van der Waals surface area contributed by atoms with Gasteiger partial charge in [-0.2, -0.15) is 0 Å². The minimum absolute atomic E-state index is 0.0497. The van der Waals surface area contributed by atoms with Crippen LogP contribution in [0.3, 0.4) is 0 Å². The number of hydrogen-bond donors (Lipinski definition) is 1. The van der Waals surface area contributed by atoms with E-state index in [2.05, 4.69) is 16.4 Å². The first-order valence-corrected chi connectivity index (χ1v) is 8.00. The highest BCUT2D eigenvalue weighted by Crippen LogP contribution is 2.30. The number of fused-ring (bicyclic) bond motifs is 2. The molecular weight excluding hydrogens is 302 g/mol. The van der Waals surface area contributed by atoms with E-state index in [4.69, 9.17) is 0 Å². The molecule has 2 aromatic heterocycles. The second-order valence-corrected chi connectivity index (χ2v) is 6.18. The number of pyridine rings is 1. The molecule has 0 saturated carbocycles. The van der Waals surface area contributed by atoms with Crippen molar-refractivity contribution in [3.8, 4) is 0 Å². The van der Waals surface area contributed by atoms with Crippen LogP contribution in [0.5, 0.6) is 0 Å². The molecule has 120 valence electrons. The van der Waals surface area contributed by atoms with Crippen molar-refractivity contribution in [1.29, 1.82) is 0 Å². The smallest absolute Gasteiger partial charge is 0.270 e. The summed E-state index contributed by atoms with van der Waals surface area (Å²) in [5.41, 5.74) is 3.60. The summed E-state index contributed by atoms with van der Waals surface area (Å²) in [7, 11) is 0. The Morgan fingerprint density at radius 2 is 2.08 bits per heavy atom. The van der Waals surface area contributed by atoms with Crippen LogP contribution < -0.4 is 10.9 Å². The van der Waals surface area contributed by atoms with Crippen LogP contribution in [0.1, 0.15) is 39.5 Å². The molecule has 24 heavy (non-hydrogen) atoms. The lowest BCUT2D eigenvalue weighted by molar-refractivity contribution is 0.0934. The quantitative estimate of drug-likeness (QED) is 0.789. The lowest BCUT2D eigenvalue weighted by Gasteiger charge is -2.14. The zero-order chi connectivity index (χ0) is 16.7. The second kappa shape index (κ2) is 5.60. The number of benzene rings is 1. The number of aryl methyl sites for hydroxylation is 2. The largest absolute Gasteiger partial charge is 0.345 e. The number of carbonyl (C=O) groups excluding carboxylic acids is 1. The number of nitrogens with one attached hydrogen (secondary N) is 1. The van der Waals surface area contributed by atoms with Gasteiger partial charge in [0, 0.05) is 12.4 Å². The van der Waals surface area contributed by atoms with Crippen LogP contribution in [0.15, 0.2) is 53.6 Å². The highest BCUT2D eigenvalue weighted by atomic mass is 16.2. The van der Waals surface area contributed by atoms with Gasteiger partial charge >= 0.3 is 0 Å². The first-order chi connectivity index (χ1) is 11.6. The summed E-state index contributed by atoms with van der Waals surface area (Å²) in [5.74, 6) is -0.370. The molecule has 1 aromatic carbocycles. The van der Waals surface area contributed by atoms with Gasteiger partial charge in [-0.1, -0.05) is 30.3 Å². The van der Waals surface area contributed by atoms with Gasteiger partial charge in [-0.15, -0.1) is 0 Å². The van der Waals surface area contributed by atoms with E-state index in [1.54, 1.807) is 12.3 Å². The third-order valence-electron chi connectivity index (χ3n) is 4.53. The van der Waals surface area contributed by atoms with Gasteiger partial charge in [-0.05, 0) is 42.5 Å². The van der Waals surface area contributed by atoms with Gasteiger partial charge in [0.15, 0.2) is 0 Å². The van der Waals surface area contributed by atoms with Crippen LogP contribution in [0.25, 0.3) is 5.65 Å². The fourth-order valence-electron chi connectivity index (χ4n) is 3.28. The van der Waals surface area contributed by atoms with Crippen LogP contribution in [0.2, 0.25) is 0 Å². The molecule has 1 N–H and O–H groups in total. The van der Waals surface area contributed by atoms with Crippen molar-refractivity contribution in [3.63, 3.8) is 0 Å². The summed E-state index contributed by atoms with van der Waals surface area (Å²) in [6.45, 7) is 1.90. The molecule has 1 aliphatic carbocycles. The normalized spacial score (nSPS) is 16.1. The highest BCUT2D eigenvalue weighted by Gasteiger charge is 2.25. The van der Waals surface area contributed by atoms with E-state index in [9.17, 15) is 9.59 Å². The topological polar surface area (TPSA) is 63.5 Å². The van der Waals surface area contributed by atoms with Crippen molar-refractivity contribution in [1.82, 2.24) is 14.7 Å². The molecule has 4 rings (SSSR count). The van der Waals surface area contributed by atoms with Crippen LogP contribution in [-0.4, -0.2) is 15.3 Å². The molecule has 1 unspecified atom stereocenters.